The van der Waals surface area contributed by atoms with Gasteiger partial charge < -0.3 is 21.1 Å². The van der Waals surface area contributed by atoms with E-state index in [0.29, 0.717) is 12.2 Å². The summed E-state index contributed by atoms with van der Waals surface area (Å²) in [5.74, 6) is 0.0214. The molecule has 0 aromatic heterocycles. The first-order chi connectivity index (χ1) is 7.04. The van der Waals surface area contributed by atoms with Gasteiger partial charge in [0.25, 0.3) is 0 Å². The fourth-order valence-electron chi connectivity index (χ4n) is 1.04. The fraction of sp³-hybridized carbons (Fsp3) is 0.300. The third-order valence-electron chi connectivity index (χ3n) is 1.95. The minimum absolute atomic E-state index is 0.0214. The van der Waals surface area contributed by atoms with Gasteiger partial charge in [0.15, 0.2) is 0 Å². The molecule has 0 fully saturated rings. The van der Waals surface area contributed by atoms with Crippen LogP contribution in [0.25, 0.3) is 0 Å². The predicted molar refractivity (Wildman–Crippen MR) is 58.7 cm³/mol. The average Bonchev–Trinajstić information content (AvgIpc) is 2.20. The van der Waals surface area contributed by atoms with Gasteiger partial charge in [-0.1, -0.05) is 6.07 Å². The van der Waals surface area contributed by atoms with E-state index >= 15 is 0 Å². The zero-order valence-corrected chi connectivity index (χ0v) is 8.82. The number of benzene rings is 1. The maximum atomic E-state index is 11.3. The molecule has 1 aromatic rings. The van der Waals surface area contributed by atoms with Crippen LogP contribution < -0.4 is 11.1 Å². The number of nitrogens with one attached hydrogen (secondary N) is 1. The van der Waals surface area contributed by atoms with Gasteiger partial charge in [0, 0.05) is 20.6 Å². The van der Waals surface area contributed by atoms with Gasteiger partial charge in [-0.3, -0.25) is 0 Å². The van der Waals surface area contributed by atoms with Crippen LogP contribution in [-0.4, -0.2) is 30.1 Å². The van der Waals surface area contributed by atoms with Crippen LogP contribution in [0, 0.1) is 0 Å². The number of phenolic OH excluding ortho intramolecular Hbond substituents is 1. The van der Waals surface area contributed by atoms with Crippen molar-refractivity contribution in [2.45, 2.75) is 6.54 Å². The number of hydrogen-bond donors (Lipinski definition) is 3. The number of nitrogens with two attached hydrogens (primary N) is 1. The van der Waals surface area contributed by atoms with Crippen molar-refractivity contribution in [3.63, 3.8) is 0 Å². The lowest BCUT2D eigenvalue weighted by molar-refractivity contribution is 0.230. The number of carbonyl (C=O) groups excluding carboxylic acids is 1. The molecule has 5 nitrogen and oxygen atoms in total. The molecular formula is C10H15N3O2. The standard InChI is InChI=1S/C10H15N3O2/c1-13(2)10(15)12-8-4-3-7(6-11)5-9(8)14/h3-5,14H,6,11H2,1-2H3,(H,12,15). The van der Waals surface area contributed by atoms with Crippen LogP contribution >= 0.6 is 0 Å². The van der Waals surface area contributed by atoms with Gasteiger partial charge >= 0.3 is 6.03 Å². The van der Waals surface area contributed by atoms with E-state index in [0.717, 1.165) is 5.56 Å². The molecule has 0 saturated carbocycles. The maximum absolute atomic E-state index is 11.3. The summed E-state index contributed by atoms with van der Waals surface area (Å²) >= 11 is 0. The molecule has 0 unspecified atom stereocenters. The van der Waals surface area contributed by atoms with Crippen LogP contribution in [-0.2, 0) is 6.54 Å². The van der Waals surface area contributed by atoms with Crippen molar-refractivity contribution in [1.82, 2.24) is 4.90 Å². The van der Waals surface area contributed by atoms with Gasteiger partial charge in [-0.15, -0.1) is 0 Å². The molecule has 4 N–H and O–H groups in total. The van der Waals surface area contributed by atoms with Crippen molar-refractivity contribution in [3.8, 4) is 5.75 Å². The quantitative estimate of drug-likeness (QED) is 0.634. The number of rotatable bonds is 2. The summed E-state index contributed by atoms with van der Waals surface area (Å²) in [5, 5.41) is 12.1. The average molecular weight is 209 g/mol. The van der Waals surface area contributed by atoms with Crippen LogP contribution in [0.4, 0.5) is 10.5 Å². The van der Waals surface area contributed by atoms with Gasteiger partial charge in [0.05, 0.1) is 5.69 Å². The maximum Gasteiger partial charge on any atom is 0.321 e. The van der Waals surface area contributed by atoms with Gasteiger partial charge in [0.1, 0.15) is 5.75 Å². The SMILES string of the molecule is CN(C)C(=O)Nc1ccc(CN)cc1O. The molecule has 15 heavy (non-hydrogen) atoms. The lowest BCUT2D eigenvalue weighted by Gasteiger charge is -2.13. The fourth-order valence-corrected chi connectivity index (χ4v) is 1.04. The first kappa shape index (κ1) is 11.3. The van der Waals surface area contributed by atoms with Gasteiger partial charge in [-0.05, 0) is 17.7 Å². The molecule has 1 aromatic carbocycles. The Labute approximate surface area is 88.5 Å². The van der Waals surface area contributed by atoms with Crippen LogP contribution in [0.15, 0.2) is 18.2 Å². The molecule has 0 spiro atoms. The zero-order chi connectivity index (χ0) is 11.4. The lowest BCUT2D eigenvalue weighted by atomic mass is 10.2. The monoisotopic (exact) mass is 209 g/mol. The third kappa shape index (κ3) is 2.85. The highest BCUT2D eigenvalue weighted by Gasteiger charge is 2.07. The first-order valence-electron chi connectivity index (χ1n) is 4.55. The van der Waals surface area contributed by atoms with Crippen molar-refractivity contribution in [1.29, 1.82) is 0 Å². The largest absolute Gasteiger partial charge is 0.506 e. The van der Waals surface area contributed by atoms with E-state index in [4.69, 9.17) is 5.73 Å². The highest BCUT2D eigenvalue weighted by molar-refractivity contribution is 5.90. The van der Waals surface area contributed by atoms with Gasteiger partial charge in [-0.25, -0.2) is 4.79 Å². The topological polar surface area (TPSA) is 78.6 Å². The Balaban J connectivity index is 2.83. The molecule has 0 aliphatic rings. The second-order valence-electron chi connectivity index (χ2n) is 3.38. The zero-order valence-electron chi connectivity index (χ0n) is 8.82. The molecule has 0 heterocycles. The summed E-state index contributed by atoms with van der Waals surface area (Å²) in [4.78, 5) is 12.7. The number of carbonyl (C=O) groups is 1. The van der Waals surface area contributed by atoms with Crippen LogP contribution in [0.1, 0.15) is 5.56 Å². The summed E-state index contributed by atoms with van der Waals surface area (Å²) < 4.78 is 0. The van der Waals surface area contributed by atoms with E-state index in [9.17, 15) is 9.90 Å². The molecule has 82 valence electrons. The smallest absolute Gasteiger partial charge is 0.321 e. The van der Waals surface area contributed by atoms with E-state index in [1.54, 1.807) is 26.2 Å². The van der Waals surface area contributed by atoms with E-state index in [2.05, 4.69) is 5.32 Å². The molecule has 0 bridgehead atoms. The molecule has 0 radical (unpaired) electrons. The second-order valence-corrected chi connectivity index (χ2v) is 3.38. The molecule has 0 saturated heterocycles. The third-order valence-corrected chi connectivity index (χ3v) is 1.95. The molecule has 2 amide bonds. The van der Waals surface area contributed by atoms with Gasteiger partial charge in [0.2, 0.25) is 0 Å². The Hall–Kier alpha value is -1.75. The predicted octanol–water partition coefficient (Wildman–Crippen LogP) is 0.944. The first-order valence-corrected chi connectivity index (χ1v) is 4.55. The van der Waals surface area contributed by atoms with Crippen molar-refractivity contribution < 1.29 is 9.90 Å². The number of urea groups is 1. The highest BCUT2D eigenvalue weighted by atomic mass is 16.3. The van der Waals surface area contributed by atoms with Crippen LogP contribution in [0.2, 0.25) is 0 Å². The lowest BCUT2D eigenvalue weighted by Crippen LogP contribution is -2.27. The summed E-state index contributed by atoms with van der Waals surface area (Å²) in [6, 6.07) is 4.63. The van der Waals surface area contributed by atoms with Crippen LogP contribution in [0.3, 0.4) is 0 Å². The molecule has 5 heteroatoms. The molecule has 0 aliphatic heterocycles. The number of hydrogen-bond acceptors (Lipinski definition) is 3. The Morgan fingerprint density at radius 1 is 1.53 bits per heavy atom. The summed E-state index contributed by atoms with van der Waals surface area (Å²) in [6.45, 7) is 0.357. The van der Waals surface area contributed by atoms with E-state index in [1.807, 2.05) is 0 Å². The van der Waals surface area contributed by atoms with E-state index in [-0.39, 0.29) is 11.8 Å². The Morgan fingerprint density at radius 2 is 2.20 bits per heavy atom. The molecular weight excluding hydrogens is 194 g/mol. The summed E-state index contributed by atoms with van der Waals surface area (Å²) in [5.41, 5.74) is 6.61. The van der Waals surface area contributed by atoms with Crippen molar-refractivity contribution in [3.05, 3.63) is 23.8 Å². The Morgan fingerprint density at radius 3 is 2.67 bits per heavy atom. The van der Waals surface area contributed by atoms with E-state index in [1.165, 1.54) is 11.0 Å². The number of nitrogens with zero attached hydrogens (tertiary/aromatic N) is 1. The second kappa shape index (κ2) is 4.65. The number of amides is 2. The number of anilines is 1. The van der Waals surface area contributed by atoms with Crippen molar-refractivity contribution in [2.75, 3.05) is 19.4 Å². The van der Waals surface area contributed by atoms with Crippen molar-refractivity contribution >= 4 is 11.7 Å². The molecule has 0 aliphatic carbocycles. The molecule has 1 rings (SSSR count). The van der Waals surface area contributed by atoms with Gasteiger partial charge in [-0.2, -0.15) is 0 Å². The summed E-state index contributed by atoms with van der Waals surface area (Å²) in [6.07, 6.45) is 0. The minimum Gasteiger partial charge on any atom is -0.506 e. The number of phenols is 1. The van der Waals surface area contributed by atoms with Crippen LogP contribution in [0.5, 0.6) is 5.75 Å². The Kier molecular flexibility index (Phi) is 3.51. The summed E-state index contributed by atoms with van der Waals surface area (Å²) in [7, 11) is 3.25. The Bertz CT molecular complexity index is 364. The van der Waals surface area contributed by atoms with Crippen molar-refractivity contribution in [2.24, 2.45) is 5.73 Å². The molecule has 0 atom stereocenters. The highest BCUT2D eigenvalue weighted by Crippen LogP contribution is 2.24. The number of aromatic hydroxyl groups is 1. The normalized spacial score (nSPS) is 9.80. The minimum atomic E-state index is -0.286. The van der Waals surface area contributed by atoms with E-state index < -0.39 is 0 Å².